The summed E-state index contributed by atoms with van der Waals surface area (Å²) >= 11 is 0. The second kappa shape index (κ2) is 9.53. The van der Waals surface area contributed by atoms with E-state index in [1.54, 1.807) is 5.57 Å². The van der Waals surface area contributed by atoms with E-state index >= 15 is 0 Å². The van der Waals surface area contributed by atoms with Crippen molar-refractivity contribution < 1.29 is 10.2 Å². The molecule has 174 valence electrons. The predicted octanol–water partition coefficient (Wildman–Crippen LogP) is 5.64. The molecule has 0 amide bonds. The van der Waals surface area contributed by atoms with Gasteiger partial charge >= 0.3 is 0 Å². The molecule has 0 spiro atoms. The van der Waals surface area contributed by atoms with Crippen LogP contribution in [0.25, 0.3) is 0 Å². The number of aliphatic hydroxyl groups excluding tert-OH is 2. The Hall–Kier alpha value is -0.900. The average Bonchev–Trinajstić information content (AvgIpc) is 3.09. The average molecular weight is 428 g/mol. The van der Waals surface area contributed by atoms with E-state index in [0.717, 1.165) is 29.0 Å². The summed E-state index contributed by atoms with van der Waals surface area (Å²) in [5.74, 6) is 2.27. The number of nitrogens with zero attached hydrogens (tertiary/aromatic N) is 1. The highest BCUT2D eigenvalue weighted by Crippen LogP contribution is 2.59. The minimum Gasteiger partial charge on any atom is -0.393 e. The monoisotopic (exact) mass is 427 g/mol. The summed E-state index contributed by atoms with van der Waals surface area (Å²) in [5, 5.41) is 20.2. The maximum Gasteiger partial charge on any atom is 0.0811 e. The molecule has 0 aromatic heterocycles. The van der Waals surface area contributed by atoms with E-state index in [0.29, 0.717) is 24.2 Å². The van der Waals surface area contributed by atoms with Crippen molar-refractivity contribution in [3.8, 4) is 0 Å². The first-order valence-corrected chi connectivity index (χ1v) is 13.0. The molecule has 1 unspecified atom stereocenters. The molecule has 7 atom stereocenters. The molecule has 2 N–H and O–H groups in total. The van der Waals surface area contributed by atoms with Crippen molar-refractivity contribution in [2.75, 3.05) is 13.1 Å². The molecule has 0 aromatic rings. The first-order valence-electron chi connectivity index (χ1n) is 13.0. The molecule has 1 heterocycles. The van der Waals surface area contributed by atoms with Gasteiger partial charge in [0.05, 0.1) is 12.2 Å². The lowest BCUT2D eigenvalue weighted by atomic mass is 9.61. The van der Waals surface area contributed by atoms with E-state index in [9.17, 15) is 10.2 Å². The quantitative estimate of drug-likeness (QED) is 0.610. The van der Waals surface area contributed by atoms with Crippen molar-refractivity contribution in [1.82, 2.24) is 4.90 Å². The highest BCUT2D eigenvalue weighted by Gasteiger charge is 2.50. The first kappa shape index (κ1) is 23.3. The predicted molar refractivity (Wildman–Crippen MR) is 129 cm³/mol. The number of allylic oxidation sites excluding steroid dienone is 3. The fraction of sp³-hybridized carbons (Fsp3) is 0.786. The molecule has 0 bridgehead atoms. The highest BCUT2D eigenvalue weighted by molar-refractivity contribution is 5.38. The Morgan fingerprint density at radius 1 is 1.16 bits per heavy atom. The summed E-state index contributed by atoms with van der Waals surface area (Å²) in [6.07, 6.45) is 15.2. The van der Waals surface area contributed by atoms with Gasteiger partial charge in [0.15, 0.2) is 0 Å². The van der Waals surface area contributed by atoms with E-state index < -0.39 is 12.2 Å². The maximum atomic E-state index is 10.2. The molecule has 0 radical (unpaired) electrons. The van der Waals surface area contributed by atoms with Gasteiger partial charge in [0, 0.05) is 19.0 Å². The molecular formula is C28H45NO2. The standard InChI is InChI=1S/C28H45NO2/c1-19(18-29-15-6-5-8-20(29)2)25-12-13-26-22(9-7-14-28(25,26)4)10-11-23-16-24(30)17-27(31)21(23)3/h10-11,19-20,24-27,30-31H,3,5-9,12-18H2,1-2,4H3/b22-10+,23-11-/t19?,20-,24+,25+,26-,27-,28+/m0/s1. The van der Waals surface area contributed by atoms with Gasteiger partial charge < -0.3 is 15.1 Å². The van der Waals surface area contributed by atoms with E-state index in [4.69, 9.17) is 0 Å². The molecule has 3 heteroatoms. The fourth-order valence-corrected chi connectivity index (χ4v) is 7.61. The van der Waals surface area contributed by atoms with Gasteiger partial charge in [-0.3, -0.25) is 0 Å². The van der Waals surface area contributed by atoms with Crippen molar-refractivity contribution >= 4 is 0 Å². The van der Waals surface area contributed by atoms with Crippen molar-refractivity contribution in [2.45, 2.75) is 103 Å². The summed E-state index contributed by atoms with van der Waals surface area (Å²) in [6, 6.07) is 0.754. The molecule has 4 rings (SSSR count). The van der Waals surface area contributed by atoms with Crippen molar-refractivity contribution in [2.24, 2.45) is 23.2 Å². The molecule has 1 saturated heterocycles. The van der Waals surface area contributed by atoms with Gasteiger partial charge in [-0.05, 0) is 99.1 Å². The maximum absolute atomic E-state index is 10.2. The van der Waals surface area contributed by atoms with Crippen LogP contribution in [0.3, 0.4) is 0 Å². The second-order valence-electron chi connectivity index (χ2n) is 11.5. The van der Waals surface area contributed by atoms with Crippen LogP contribution in [0, 0.1) is 23.2 Å². The largest absolute Gasteiger partial charge is 0.393 e. The van der Waals surface area contributed by atoms with Crippen LogP contribution >= 0.6 is 0 Å². The zero-order valence-electron chi connectivity index (χ0n) is 20.2. The van der Waals surface area contributed by atoms with Crippen LogP contribution in [0.15, 0.2) is 35.5 Å². The fourth-order valence-electron chi connectivity index (χ4n) is 7.61. The van der Waals surface area contributed by atoms with Crippen LogP contribution in [-0.2, 0) is 0 Å². The molecule has 3 nitrogen and oxygen atoms in total. The molecular weight excluding hydrogens is 382 g/mol. The molecule has 31 heavy (non-hydrogen) atoms. The van der Waals surface area contributed by atoms with Gasteiger partial charge in [-0.1, -0.05) is 44.6 Å². The van der Waals surface area contributed by atoms with Gasteiger partial charge in [0.25, 0.3) is 0 Å². The third-order valence-electron chi connectivity index (χ3n) is 9.45. The summed E-state index contributed by atoms with van der Waals surface area (Å²) in [4.78, 5) is 2.76. The number of fused-ring (bicyclic) bond motifs is 1. The summed E-state index contributed by atoms with van der Waals surface area (Å²) in [5.41, 5.74) is 3.86. The molecule has 1 aliphatic heterocycles. The number of aliphatic hydroxyl groups is 2. The second-order valence-corrected chi connectivity index (χ2v) is 11.5. The minimum absolute atomic E-state index is 0.419. The number of piperidine rings is 1. The van der Waals surface area contributed by atoms with Crippen molar-refractivity contribution in [3.05, 3.63) is 35.5 Å². The van der Waals surface area contributed by atoms with Gasteiger partial charge in [-0.2, -0.15) is 0 Å². The molecule has 0 aromatic carbocycles. The Bertz CT molecular complexity index is 725. The Kier molecular flexibility index (Phi) is 7.15. The smallest absolute Gasteiger partial charge is 0.0811 e. The van der Waals surface area contributed by atoms with Crippen LogP contribution in [0.4, 0.5) is 0 Å². The van der Waals surface area contributed by atoms with Crippen molar-refractivity contribution in [1.29, 1.82) is 0 Å². The summed E-state index contributed by atoms with van der Waals surface area (Å²) < 4.78 is 0. The van der Waals surface area contributed by atoms with E-state index in [1.165, 1.54) is 64.5 Å². The molecule has 3 saturated carbocycles. The van der Waals surface area contributed by atoms with Gasteiger partial charge in [0.2, 0.25) is 0 Å². The Balaban J connectivity index is 1.48. The third kappa shape index (κ3) is 4.75. The van der Waals surface area contributed by atoms with E-state index in [-0.39, 0.29) is 0 Å². The van der Waals surface area contributed by atoms with Crippen LogP contribution in [0.2, 0.25) is 0 Å². The number of hydrogen-bond acceptors (Lipinski definition) is 3. The lowest BCUT2D eigenvalue weighted by Crippen LogP contribution is -2.44. The van der Waals surface area contributed by atoms with Gasteiger partial charge in [-0.25, -0.2) is 0 Å². The van der Waals surface area contributed by atoms with Crippen LogP contribution in [-0.4, -0.2) is 46.5 Å². The van der Waals surface area contributed by atoms with E-state index in [2.05, 4.69) is 44.4 Å². The highest BCUT2D eigenvalue weighted by atomic mass is 16.3. The third-order valence-corrected chi connectivity index (χ3v) is 9.45. The zero-order chi connectivity index (χ0) is 22.2. The summed E-state index contributed by atoms with van der Waals surface area (Å²) in [6.45, 7) is 14.2. The topological polar surface area (TPSA) is 43.7 Å². The van der Waals surface area contributed by atoms with E-state index in [1.807, 2.05) is 0 Å². The zero-order valence-corrected chi connectivity index (χ0v) is 20.2. The lowest BCUT2D eigenvalue weighted by molar-refractivity contribution is 0.0598. The number of hydrogen-bond donors (Lipinski definition) is 2. The number of likely N-dealkylation sites (tertiary alicyclic amines) is 1. The van der Waals surface area contributed by atoms with Crippen molar-refractivity contribution in [3.63, 3.8) is 0 Å². The minimum atomic E-state index is -0.598. The van der Waals surface area contributed by atoms with Gasteiger partial charge in [0.1, 0.15) is 0 Å². The Morgan fingerprint density at radius 3 is 2.74 bits per heavy atom. The number of rotatable bonds is 4. The Morgan fingerprint density at radius 2 is 1.97 bits per heavy atom. The molecule has 3 aliphatic carbocycles. The molecule has 4 fully saturated rings. The lowest BCUT2D eigenvalue weighted by Gasteiger charge is -2.46. The van der Waals surface area contributed by atoms with Crippen LogP contribution < -0.4 is 0 Å². The SMILES string of the molecule is C=C1/C(=C\C=C2/CCC[C@]3(C)[C@@H](C(C)CN4CCCC[C@@H]4C)CC[C@@H]23)C[C@@H](O)C[C@@H]1O. The normalized spacial score (nSPS) is 43.4. The van der Waals surface area contributed by atoms with Crippen LogP contribution in [0.5, 0.6) is 0 Å². The summed E-state index contributed by atoms with van der Waals surface area (Å²) in [7, 11) is 0. The Labute approximate surface area is 190 Å². The van der Waals surface area contributed by atoms with Crippen LogP contribution in [0.1, 0.15) is 85.0 Å². The van der Waals surface area contributed by atoms with Gasteiger partial charge in [-0.15, -0.1) is 0 Å². The molecule has 4 aliphatic rings. The first-order chi connectivity index (χ1) is 14.8.